The lowest BCUT2D eigenvalue weighted by Gasteiger charge is -2.08. The molecule has 0 aliphatic heterocycles. The van der Waals surface area contributed by atoms with Gasteiger partial charge in [-0.25, -0.2) is 9.78 Å². The molecule has 0 saturated heterocycles. The van der Waals surface area contributed by atoms with E-state index in [2.05, 4.69) is 10.3 Å². The van der Waals surface area contributed by atoms with Crippen LogP contribution in [0.4, 0.5) is 10.8 Å². The van der Waals surface area contributed by atoms with Crippen LogP contribution in [-0.4, -0.2) is 35.4 Å². The Hall–Kier alpha value is -3.26. The first-order valence-electron chi connectivity index (χ1n) is 7.53. The molecule has 3 rings (SSSR count). The van der Waals surface area contributed by atoms with E-state index in [1.54, 1.807) is 26.4 Å². The van der Waals surface area contributed by atoms with Gasteiger partial charge in [-0.05, 0) is 36.4 Å². The highest BCUT2D eigenvalue weighted by Gasteiger charge is 2.12. The molecule has 7 nitrogen and oxygen atoms in total. The smallest absolute Gasteiger partial charge is 0.339 e. The third-order valence-corrected chi connectivity index (χ3v) is 4.42. The van der Waals surface area contributed by atoms with Gasteiger partial charge in [0.25, 0.3) is 0 Å². The van der Waals surface area contributed by atoms with E-state index in [-0.39, 0.29) is 11.3 Å². The maximum atomic E-state index is 11.1. The highest BCUT2D eigenvalue weighted by atomic mass is 32.1. The molecule has 0 atom stereocenters. The molecule has 0 aliphatic rings. The molecule has 0 amide bonds. The second kappa shape index (κ2) is 7.32. The molecule has 3 N–H and O–H groups in total. The first-order chi connectivity index (χ1) is 12.5. The van der Waals surface area contributed by atoms with Crippen molar-refractivity contribution in [2.75, 3.05) is 19.5 Å². The number of nitrogens with one attached hydrogen (secondary N) is 1. The van der Waals surface area contributed by atoms with Gasteiger partial charge in [0.1, 0.15) is 11.3 Å². The number of ether oxygens (including phenoxy) is 2. The maximum Gasteiger partial charge on any atom is 0.339 e. The molecule has 1 heterocycles. The molecule has 134 valence electrons. The van der Waals surface area contributed by atoms with Crippen LogP contribution in [0, 0.1) is 0 Å². The summed E-state index contributed by atoms with van der Waals surface area (Å²) in [5, 5.41) is 24.2. The average Bonchev–Trinajstić information content (AvgIpc) is 3.11. The summed E-state index contributed by atoms with van der Waals surface area (Å²) >= 11 is 1.38. The summed E-state index contributed by atoms with van der Waals surface area (Å²) in [5.41, 5.74) is 1.96. The van der Waals surface area contributed by atoms with E-state index in [1.165, 1.54) is 23.5 Å². The molecule has 0 radical (unpaired) electrons. The summed E-state index contributed by atoms with van der Waals surface area (Å²) in [5.74, 6) is -0.239. The molecule has 0 aliphatic carbocycles. The number of hydrogen-bond acceptors (Lipinski definition) is 7. The minimum Gasteiger partial charge on any atom is -0.507 e. The third-order valence-electron chi connectivity index (χ3n) is 3.66. The van der Waals surface area contributed by atoms with Crippen LogP contribution in [0.5, 0.6) is 17.2 Å². The van der Waals surface area contributed by atoms with E-state index in [4.69, 9.17) is 14.6 Å². The van der Waals surface area contributed by atoms with Gasteiger partial charge in [0.05, 0.1) is 19.9 Å². The van der Waals surface area contributed by atoms with E-state index in [0.29, 0.717) is 22.3 Å². The normalized spacial score (nSPS) is 10.4. The van der Waals surface area contributed by atoms with Crippen molar-refractivity contribution in [1.29, 1.82) is 0 Å². The number of benzene rings is 2. The van der Waals surface area contributed by atoms with Crippen molar-refractivity contribution in [3.8, 4) is 28.5 Å². The van der Waals surface area contributed by atoms with Gasteiger partial charge in [-0.1, -0.05) is 0 Å². The van der Waals surface area contributed by atoms with Crippen LogP contribution in [0.3, 0.4) is 0 Å². The van der Waals surface area contributed by atoms with Gasteiger partial charge in [0.15, 0.2) is 16.6 Å². The predicted molar refractivity (Wildman–Crippen MR) is 99.0 cm³/mol. The van der Waals surface area contributed by atoms with Gasteiger partial charge in [0.2, 0.25) is 0 Å². The Morgan fingerprint density at radius 1 is 1.12 bits per heavy atom. The second-order valence-corrected chi connectivity index (χ2v) is 6.13. The molecule has 3 aromatic rings. The van der Waals surface area contributed by atoms with Crippen LogP contribution < -0.4 is 14.8 Å². The van der Waals surface area contributed by atoms with Crippen molar-refractivity contribution in [2.45, 2.75) is 0 Å². The number of methoxy groups -OCH3 is 2. The lowest BCUT2D eigenvalue weighted by molar-refractivity contribution is 0.0694. The highest BCUT2D eigenvalue weighted by Crippen LogP contribution is 2.34. The zero-order valence-electron chi connectivity index (χ0n) is 14.0. The zero-order valence-corrected chi connectivity index (χ0v) is 14.8. The number of carbonyl (C=O) groups is 1. The van der Waals surface area contributed by atoms with Crippen LogP contribution in [0.1, 0.15) is 10.4 Å². The summed E-state index contributed by atoms with van der Waals surface area (Å²) in [7, 11) is 3.14. The Kier molecular flexibility index (Phi) is 4.94. The SMILES string of the molecule is COc1ccc(-c2csc(Nc3ccc(O)c(C(=O)O)c3)n2)cc1OC. The first-order valence-corrected chi connectivity index (χ1v) is 8.41. The Morgan fingerprint density at radius 3 is 2.58 bits per heavy atom. The number of carboxylic acids is 1. The second-order valence-electron chi connectivity index (χ2n) is 5.27. The van der Waals surface area contributed by atoms with Crippen LogP contribution in [0.2, 0.25) is 0 Å². The van der Waals surface area contributed by atoms with Crippen molar-refractivity contribution in [3.05, 3.63) is 47.3 Å². The number of aromatic hydroxyl groups is 1. The fourth-order valence-electron chi connectivity index (χ4n) is 2.37. The lowest BCUT2D eigenvalue weighted by Crippen LogP contribution is -1.98. The summed E-state index contributed by atoms with van der Waals surface area (Å²) in [6.45, 7) is 0. The van der Waals surface area contributed by atoms with Crippen molar-refractivity contribution < 1.29 is 24.5 Å². The number of anilines is 2. The van der Waals surface area contributed by atoms with E-state index in [0.717, 1.165) is 11.3 Å². The Morgan fingerprint density at radius 2 is 1.88 bits per heavy atom. The van der Waals surface area contributed by atoms with Crippen LogP contribution in [-0.2, 0) is 0 Å². The number of hydrogen-bond donors (Lipinski definition) is 3. The first kappa shape index (κ1) is 17.6. The number of thiazole rings is 1. The van der Waals surface area contributed by atoms with Crippen molar-refractivity contribution in [2.24, 2.45) is 0 Å². The van der Waals surface area contributed by atoms with E-state index in [1.807, 2.05) is 17.5 Å². The maximum absolute atomic E-state index is 11.1. The monoisotopic (exact) mass is 372 g/mol. The van der Waals surface area contributed by atoms with E-state index in [9.17, 15) is 9.90 Å². The van der Waals surface area contributed by atoms with Gasteiger partial charge in [-0.3, -0.25) is 0 Å². The molecule has 0 saturated carbocycles. The summed E-state index contributed by atoms with van der Waals surface area (Å²) in [6, 6.07) is 9.78. The van der Waals surface area contributed by atoms with Gasteiger partial charge in [-0.15, -0.1) is 11.3 Å². The fraction of sp³-hybridized carbons (Fsp3) is 0.111. The molecule has 0 unspecified atom stereocenters. The number of aromatic nitrogens is 1. The molecule has 8 heteroatoms. The number of phenols is 1. The minimum absolute atomic E-state index is 0.174. The fourth-order valence-corrected chi connectivity index (χ4v) is 3.11. The largest absolute Gasteiger partial charge is 0.507 e. The number of nitrogens with zero attached hydrogens (tertiary/aromatic N) is 1. The van der Waals surface area contributed by atoms with Crippen LogP contribution in [0.15, 0.2) is 41.8 Å². The number of rotatable bonds is 6. The Labute approximate surface area is 153 Å². The molecule has 0 spiro atoms. The molecular weight excluding hydrogens is 356 g/mol. The van der Waals surface area contributed by atoms with Gasteiger partial charge >= 0.3 is 5.97 Å². The molecule has 1 aromatic heterocycles. The van der Waals surface area contributed by atoms with Crippen LogP contribution >= 0.6 is 11.3 Å². The summed E-state index contributed by atoms with van der Waals surface area (Å²) in [6.07, 6.45) is 0. The summed E-state index contributed by atoms with van der Waals surface area (Å²) < 4.78 is 10.5. The molecule has 0 bridgehead atoms. The van der Waals surface area contributed by atoms with E-state index < -0.39 is 5.97 Å². The van der Waals surface area contributed by atoms with Gasteiger partial charge in [0, 0.05) is 16.6 Å². The molecule has 26 heavy (non-hydrogen) atoms. The predicted octanol–water partition coefficient (Wildman–Crippen LogP) is 3.97. The average molecular weight is 372 g/mol. The number of aromatic carboxylic acids is 1. The lowest BCUT2D eigenvalue weighted by atomic mass is 10.1. The Balaban J connectivity index is 1.85. The molecular formula is C18H16N2O5S. The van der Waals surface area contributed by atoms with Gasteiger partial charge < -0.3 is 25.0 Å². The van der Waals surface area contributed by atoms with E-state index >= 15 is 0 Å². The summed E-state index contributed by atoms with van der Waals surface area (Å²) in [4.78, 5) is 15.6. The topological polar surface area (TPSA) is 101 Å². The third kappa shape index (κ3) is 3.55. The quantitative estimate of drug-likeness (QED) is 0.563. The Bertz CT molecular complexity index is 955. The molecule has 2 aromatic carbocycles. The molecule has 0 fully saturated rings. The van der Waals surface area contributed by atoms with Crippen molar-refractivity contribution in [3.63, 3.8) is 0 Å². The highest BCUT2D eigenvalue weighted by molar-refractivity contribution is 7.14. The van der Waals surface area contributed by atoms with Crippen LogP contribution in [0.25, 0.3) is 11.3 Å². The van der Waals surface area contributed by atoms with Crippen molar-refractivity contribution >= 4 is 28.1 Å². The van der Waals surface area contributed by atoms with Crippen molar-refractivity contribution in [1.82, 2.24) is 4.98 Å². The number of carboxylic acid groups (broad SMARTS) is 1. The van der Waals surface area contributed by atoms with Gasteiger partial charge in [-0.2, -0.15) is 0 Å². The zero-order chi connectivity index (χ0) is 18.7. The minimum atomic E-state index is -1.20. The standard InChI is InChI=1S/C18H16N2O5S/c1-24-15-6-3-10(7-16(15)25-2)13-9-26-18(20-13)19-11-4-5-14(21)12(8-11)17(22)23/h3-9,21H,1-2H3,(H,19,20)(H,22,23).